The van der Waals surface area contributed by atoms with Gasteiger partial charge >= 0.3 is 0 Å². The van der Waals surface area contributed by atoms with Crippen molar-refractivity contribution < 1.29 is 14.2 Å². The molecule has 0 amide bonds. The Bertz CT molecular complexity index is 368. The van der Waals surface area contributed by atoms with Crippen LogP contribution in [0.4, 0.5) is 0 Å². The zero-order chi connectivity index (χ0) is 14.3. The van der Waals surface area contributed by atoms with E-state index in [0.717, 1.165) is 24.8 Å². The predicted octanol–water partition coefficient (Wildman–Crippen LogP) is 4.05. The molecular weight excluding hydrogens is 264 g/mol. The van der Waals surface area contributed by atoms with Crippen LogP contribution in [0, 0.1) is 0 Å². The maximum Gasteiger partial charge on any atom is 0.203 e. The van der Waals surface area contributed by atoms with Crippen molar-refractivity contribution in [3.05, 3.63) is 17.7 Å². The summed E-state index contributed by atoms with van der Waals surface area (Å²) in [6.45, 7) is 2.17. The largest absolute Gasteiger partial charge is 0.493 e. The molecule has 0 saturated heterocycles. The molecule has 0 fully saturated rings. The number of methoxy groups -OCH3 is 3. The molecule has 3 nitrogen and oxygen atoms in total. The molecule has 0 spiro atoms. The highest BCUT2D eigenvalue weighted by atomic mass is 35.5. The molecule has 0 aliphatic rings. The molecule has 1 aromatic carbocycles. The minimum Gasteiger partial charge on any atom is -0.493 e. The SMILES string of the molecule is CCCCC(Cl)Cc1cc(OC)c(OC)c(OC)c1. The fourth-order valence-electron chi connectivity index (χ4n) is 2.04. The Hall–Kier alpha value is -1.09. The molecule has 0 aromatic heterocycles. The number of ether oxygens (including phenoxy) is 3. The Balaban J connectivity index is 2.90. The summed E-state index contributed by atoms with van der Waals surface area (Å²) < 4.78 is 16.0. The minimum atomic E-state index is 0.141. The zero-order valence-electron chi connectivity index (χ0n) is 12.2. The fourth-order valence-corrected chi connectivity index (χ4v) is 2.37. The quantitative estimate of drug-likeness (QED) is 0.675. The molecule has 108 valence electrons. The summed E-state index contributed by atoms with van der Waals surface area (Å²) in [7, 11) is 4.85. The number of halogens is 1. The van der Waals surface area contributed by atoms with Crippen LogP contribution < -0.4 is 14.2 Å². The highest BCUT2D eigenvalue weighted by molar-refractivity contribution is 6.20. The van der Waals surface area contributed by atoms with Gasteiger partial charge in [0.15, 0.2) is 11.5 Å². The number of benzene rings is 1. The monoisotopic (exact) mass is 286 g/mol. The highest BCUT2D eigenvalue weighted by Crippen LogP contribution is 2.38. The number of alkyl halides is 1. The summed E-state index contributed by atoms with van der Waals surface area (Å²) >= 11 is 6.35. The van der Waals surface area contributed by atoms with E-state index in [4.69, 9.17) is 25.8 Å². The topological polar surface area (TPSA) is 27.7 Å². The maximum atomic E-state index is 6.35. The van der Waals surface area contributed by atoms with E-state index in [1.54, 1.807) is 21.3 Å². The zero-order valence-corrected chi connectivity index (χ0v) is 12.9. The predicted molar refractivity (Wildman–Crippen MR) is 79.0 cm³/mol. The van der Waals surface area contributed by atoms with Gasteiger partial charge in [-0.2, -0.15) is 0 Å². The van der Waals surface area contributed by atoms with Gasteiger partial charge in [0, 0.05) is 5.38 Å². The molecule has 0 bridgehead atoms. The fraction of sp³-hybridized carbons (Fsp3) is 0.600. The van der Waals surface area contributed by atoms with Gasteiger partial charge in [-0.15, -0.1) is 11.6 Å². The third kappa shape index (κ3) is 4.50. The molecule has 0 radical (unpaired) electrons. The van der Waals surface area contributed by atoms with Gasteiger partial charge in [-0.1, -0.05) is 19.8 Å². The van der Waals surface area contributed by atoms with E-state index in [0.29, 0.717) is 17.2 Å². The lowest BCUT2D eigenvalue weighted by molar-refractivity contribution is 0.323. The van der Waals surface area contributed by atoms with Crippen molar-refractivity contribution in [3.63, 3.8) is 0 Å². The van der Waals surface area contributed by atoms with Crippen molar-refractivity contribution in [1.29, 1.82) is 0 Å². The van der Waals surface area contributed by atoms with Gasteiger partial charge < -0.3 is 14.2 Å². The summed E-state index contributed by atoms with van der Waals surface area (Å²) in [5, 5.41) is 0.141. The lowest BCUT2D eigenvalue weighted by atomic mass is 10.0. The van der Waals surface area contributed by atoms with E-state index in [2.05, 4.69) is 6.92 Å². The van der Waals surface area contributed by atoms with Crippen LogP contribution in [0.5, 0.6) is 17.2 Å². The normalized spacial score (nSPS) is 12.1. The first-order valence-corrected chi connectivity index (χ1v) is 7.02. The Labute approximate surface area is 120 Å². The Kier molecular flexibility index (Phi) is 6.85. The van der Waals surface area contributed by atoms with Crippen LogP contribution >= 0.6 is 11.6 Å². The molecule has 1 unspecified atom stereocenters. The molecule has 0 aliphatic heterocycles. The van der Waals surface area contributed by atoms with Gasteiger partial charge in [-0.05, 0) is 30.5 Å². The first kappa shape index (κ1) is 16.0. The number of hydrogen-bond donors (Lipinski definition) is 0. The average molecular weight is 287 g/mol. The first-order chi connectivity index (χ1) is 9.15. The molecule has 1 atom stereocenters. The van der Waals surface area contributed by atoms with Crippen molar-refractivity contribution in [3.8, 4) is 17.2 Å². The standard InChI is InChI=1S/C15H23ClO3/c1-5-6-7-12(16)8-11-9-13(17-2)15(19-4)14(10-11)18-3/h9-10,12H,5-8H2,1-4H3. The van der Waals surface area contributed by atoms with Gasteiger partial charge in [-0.25, -0.2) is 0 Å². The van der Waals surface area contributed by atoms with Crippen molar-refractivity contribution in [1.82, 2.24) is 0 Å². The molecule has 4 heteroatoms. The van der Waals surface area contributed by atoms with Crippen molar-refractivity contribution >= 4 is 11.6 Å². The molecule has 0 aliphatic carbocycles. The molecule has 0 heterocycles. The lowest BCUT2D eigenvalue weighted by Crippen LogP contribution is -2.04. The second-order valence-corrected chi connectivity index (χ2v) is 5.09. The molecule has 19 heavy (non-hydrogen) atoms. The third-order valence-electron chi connectivity index (χ3n) is 3.05. The molecule has 0 saturated carbocycles. The Morgan fingerprint density at radius 3 is 2.05 bits per heavy atom. The van der Waals surface area contributed by atoms with E-state index in [1.165, 1.54) is 6.42 Å². The number of hydrogen-bond acceptors (Lipinski definition) is 3. The average Bonchev–Trinajstić information content (AvgIpc) is 2.43. The van der Waals surface area contributed by atoms with Gasteiger partial charge in [0.05, 0.1) is 21.3 Å². The van der Waals surface area contributed by atoms with Crippen molar-refractivity contribution in [2.75, 3.05) is 21.3 Å². The summed E-state index contributed by atoms with van der Waals surface area (Å²) in [5.41, 5.74) is 1.10. The highest BCUT2D eigenvalue weighted by Gasteiger charge is 2.15. The number of rotatable bonds is 8. The van der Waals surface area contributed by atoms with Gasteiger partial charge in [0.2, 0.25) is 5.75 Å². The first-order valence-electron chi connectivity index (χ1n) is 6.59. The number of unbranched alkanes of at least 4 members (excludes halogenated alkanes) is 1. The van der Waals surface area contributed by atoms with Crippen LogP contribution in [0.15, 0.2) is 12.1 Å². The van der Waals surface area contributed by atoms with E-state index >= 15 is 0 Å². The second-order valence-electron chi connectivity index (χ2n) is 4.48. The van der Waals surface area contributed by atoms with Gasteiger partial charge in [0.25, 0.3) is 0 Å². The van der Waals surface area contributed by atoms with Crippen LogP contribution in [0.2, 0.25) is 0 Å². The lowest BCUT2D eigenvalue weighted by Gasteiger charge is -2.15. The van der Waals surface area contributed by atoms with Crippen LogP contribution in [-0.4, -0.2) is 26.7 Å². The van der Waals surface area contributed by atoms with E-state index in [-0.39, 0.29) is 5.38 Å². The Morgan fingerprint density at radius 2 is 1.63 bits per heavy atom. The van der Waals surface area contributed by atoms with Crippen LogP contribution in [-0.2, 0) is 6.42 Å². The van der Waals surface area contributed by atoms with Crippen LogP contribution in [0.3, 0.4) is 0 Å². The summed E-state index contributed by atoms with van der Waals surface area (Å²) in [6, 6.07) is 3.92. The smallest absolute Gasteiger partial charge is 0.203 e. The Morgan fingerprint density at radius 1 is 1.05 bits per heavy atom. The van der Waals surface area contributed by atoms with Crippen LogP contribution in [0.1, 0.15) is 31.7 Å². The summed E-state index contributed by atoms with van der Waals surface area (Å²) in [6.07, 6.45) is 4.14. The summed E-state index contributed by atoms with van der Waals surface area (Å²) in [4.78, 5) is 0. The summed E-state index contributed by atoms with van der Waals surface area (Å²) in [5.74, 6) is 1.97. The molecule has 1 aromatic rings. The van der Waals surface area contributed by atoms with E-state index in [1.807, 2.05) is 12.1 Å². The van der Waals surface area contributed by atoms with Gasteiger partial charge in [-0.3, -0.25) is 0 Å². The van der Waals surface area contributed by atoms with Crippen LogP contribution in [0.25, 0.3) is 0 Å². The van der Waals surface area contributed by atoms with E-state index in [9.17, 15) is 0 Å². The molecule has 0 N–H and O–H groups in total. The van der Waals surface area contributed by atoms with E-state index < -0.39 is 0 Å². The van der Waals surface area contributed by atoms with Crippen molar-refractivity contribution in [2.45, 2.75) is 38.0 Å². The third-order valence-corrected chi connectivity index (χ3v) is 3.43. The molecule has 1 rings (SSSR count). The second kappa shape index (κ2) is 8.16. The molecular formula is C15H23ClO3. The van der Waals surface area contributed by atoms with Crippen molar-refractivity contribution in [2.24, 2.45) is 0 Å². The minimum absolute atomic E-state index is 0.141. The maximum absolute atomic E-state index is 6.35. The van der Waals surface area contributed by atoms with Gasteiger partial charge in [0.1, 0.15) is 0 Å².